The van der Waals surface area contributed by atoms with E-state index in [9.17, 15) is 41.8 Å². The lowest BCUT2D eigenvalue weighted by atomic mass is 9.84. The molecule has 2 atom stereocenters. The van der Waals surface area contributed by atoms with Crippen LogP contribution < -0.4 is 9.47 Å². The first-order chi connectivity index (χ1) is 37.3. The Bertz CT molecular complexity index is 2990. The molecule has 6 aromatic rings. The Labute approximate surface area is 446 Å². The number of rotatable bonds is 14. The molecule has 2 aromatic heterocycles. The van der Waals surface area contributed by atoms with Gasteiger partial charge in [-0.25, -0.2) is 22.0 Å². The highest BCUT2D eigenvalue weighted by Gasteiger charge is 2.36. The van der Waals surface area contributed by atoms with E-state index in [2.05, 4.69) is 44.3 Å². The fourth-order valence-electron chi connectivity index (χ4n) is 12.3. The molecule has 10 rings (SSSR count). The summed E-state index contributed by atoms with van der Waals surface area (Å²) < 4.78 is 77.6. The number of nitrogens with zero attached hydrogens (tertiary/aromatic N) is 4. The number of hydrogen-bond acceptors (Lipinski definition) is 8. The van der Waals surface area contributed by atoms with Crippen LogP contribution in [0.5, 0.6) is 11.5 Å². The topological polar surface area (TPSA) is 138 Å². The second-order valence-electron chi connectivity index (χ2n) is 20.9. The van der Waals surface area contributed by atoms with E-state index in [0.717, 1.165) is 118 Å². The summed E-state index contributed by atoms with van der Waals surface area (Å²) in [5.41, 5.74) is 5.27. The Hall–Kier alpha value is -6.53. The number of ether oxygens (including phenoxy) is 2. The molecular formula is C60H69F5N6O6. The van der Waals surface area contributed by atoms with Crippen molar-refractivity contribution in [1.82, 2.24) is 29.6 Å². The first-order valence-electron chi connectivity index (χ1n) is 26.9. The Morgan fingerprint density at radius 3 is 1.48 bits per heavy atom. The zero-order chi connectivity index (χ0) is 54.2. The number of methoxy groups -OCH3 is 2. The molecule has 4 N–H and O–H groups in total. The second-order valence-corrected chi connectivity index (χ2v) is 20.9. The number of aromatic nitrogens is 2. The van der Waals surface area contributed by atoms with Crippen LogP contribution in [-0.2, 0) is 9.59 Å². The number of piperidine rings is 4. The van der Waals surface area contributed by atoms with E-state index in [0.29, 0.717) is 49.5 Å². The Morgan fingerprint density at radius 2 is 1.00 bits per heavy atom. The predicted molar refractivity (Wildman–Crippen MR) is 288 cm³/mol. The summed E-state index contributed by atoms with van der Waals surface area (Å²) >= 11 is 0. The van der Waals surface area contributed by atoms with Gasteiger partial charge in [-0.05, 0) is 190 Å². The van der Waals surface area contributed by atoms with E-state index < -0.39 is 29.1 Å². The number of halogens is 5. The maximum Gasteiger partial charge on any atom is 0.246 e. The van der Waals surface area contributed by atoms with E-state index in [1.165, 1.54) is 58.3 Å². The highest BCUT2D eigenvalue weighted by molar-refractivity contribution is 5.92. The van der Waals surface area contributed by atoms with Gasteiger partial charge in [0.1, 0.15) is 23.1 Å². The minimum absolute atomic E-state index is 0.0481. The van der Waals surface area contributed by atoms with Gasteiger partial charge in [-0.2, -0.15) is 0 Å². The monoisotopic (exact) mass is 1060 g/mol. The number of amides is 2. The Kier molecular flexibility index (Phi) is 18.1. The first kappa shape index (κ1) is 55.2. The number of carbonyl (C=O) groups excluding carboxylic acids is 2. The van der Waals surface area contributed by atoms with Gasteiger partial charge in [-0.1, -0.05) is 0 Å². The minimum atomic E-state index is -1.53. The molecule has 0 saturated carbocycles. The molecule has 2 unspecified atom stereocenters. The zero-order valence-corrected chi connectivity index (χ0v) is 43.7. The number of hydrogen-bond donors (Lipinski definition) is 4. The van der Waals surface area contributed by atoms with E-state index in [4.69, 9.17) is 9.47 Å². The normalized spacial score (nSPS) is 18.8. The summed E-state index contributed by atoms with van der Waals surface area (Å²) in [7, 11) is 3.35. The van der Waals surface area contributed by atoms with Gasteiger partial charge in [-0.3, -0.25) is 19.4 Å². The van der Waals surface area contributed by atoms with Crippen molar-refractivity contribution in [2.24, 2.45) is 11.8 Å². The van der Waals surface area contributed by atoms with Gasteiger partial charge in [0.25, 0.3) is 0 Å². The Balaban J connectivity index is 0.000000188. The maximum atomic E-state index is 13.4. The lowest BCUT2D eigenvalue weighted by Crippen LogP contribution is -2.50. The summed E-state index contributed by atoms with van der Waals surface area (Å²) in [5.74, 6) is -2.65. The van der Waals surface area contributed by atoms with Crippen molar-refractivity contribution in [3.05, 3.63) is 143 Å². The average Bonchev–Trinajstić information content (AvgIpc) is 4.08. The number of nitrogens with one attached hydrogen (secondary N) is 2. The highest BCUT2D eigenvalue weighted by atomic mass is 19.2. The van der Waals surface area contributed by atoms with Crippen molar-refractivity contribution in [2.75, 3.05) is 79.8 Å². The van der Waals surface area contributed by atoms with E-state index in [1.54, 1.807) is 24.0 Å². The van der Waals surface area contributed by atoms with Gasteiger partial charge in [0.05, 0.1) is 27.4 Å². The smallest absolute Gasteiger partial charge is 0.246 e. The minimum Gasteiger partial charge on any atom is -0.497 e. The summed E-state index contributed by atoms with van der Waals surface area (Å²) in [6.07, 6.45) is 16.9. The molecule has 12 nitrogen and oxygen atoms in total. The second kappa shape index (κ2) is 25.3. The molecule has 0 bridgehead atoms. The first-order valence-corrected chi connectivity index (χ1v) is 26.9. The number of aromatic amines is 2. The number of fused-ring (bicyclic) bond motifs is 2. The lowest BCUT2D eigenvalue weighted by molar-refractivity contribution is -0.128. The third-order valence-electron chi connectivity index (χ3n) is 16.6. The molecule has 4 saturated heterocycles. The molecular weight excluding hydrogens is 996 g/mol. The summed E-state index contributed by atoms with van der Waals surface area (Å²) in [4.78, 5) is 40.4. The summed E-state index contributed by atoms with van der Waals surface area (Å²) in [6, 6.07) is 17.3. The van der Waals surface area contributed by atoms with Crippen molar-refractivity contribution >= 4 is 45.8 Å². The van der Waals surface area contributed by atoms with Crippen LogP contribution in [0.15, 0.2) is 91.3 Å². The maximum absolute atomic E-state index is 13.4. The third kappa shape index (κ3) is 13.1. The van der Waals surface area contributed by atoms with Gasteiger partial charge in [-0.15, -0.1) is 0 Å². The van der Waals surface area contributed by atoms with Crippen LogP contribution in [0, 0.1) is 40.9 Å². The van der Waals surface area contributed by atoms with Crippen LogP contribution in [0.25, 0.3) is 34.0 Å². The largest absolute Gasteiger partial charge is 0.497 e. The number of H-pyrrole nitrogens is 2. The van der Waals surface area contributed by atoms with Crippen molar-refractivity contribution in [1.29, 1.82) is 0 Å². The van der Waals surface area contributed by atoms with Crippen LogP contribution >= 0.6 is 0 Å². The highest BCUT2D eigenvalue weighted by Crippen LogP contribution is 2.38. The SMILES string of the molecule is COc1ccc2[nH]cc(C3CCN(C(CO)C4CCN(C(=O)/C=C/c5cc(F)c(F)c(F)c5)CC4)CC3)c2c1.COc1ccc2c(C3CCN(C(CO)C4CCN(C(=O)/C=C/c5cc(F)cc(F)c5)CC4)CC3)c[nH]c2c1. The summed E-state index contributed by atoms with van der Waals surface area (Å²) in [6.45, 7) is 6.17. The quantitative estimate of drug-likeness (QED) is 0.0481. The molecule has 4 aliphatic rings. The fraction of sp³-hybridized carbons (Fsp3) is 0.433. The predicted octanol–water partition coefficient (Wildman–Crippen LogP) is 10.0. The molecule has 6 heterocycles. The molecule has 77 heavy (non-hydrogen) atoms. The van der Waals surface area contributed by atoms with Crippen molar-refractivity contribution in [2.45, 2.75) is 75.3 Å². The molecule has 410 valence electrons. The van der Waals surface area contributed by atoms with Crippen LogP contribution in [0.3, 0.4) is 0 Å². The van der Waals surface area contributed by atoms with Crippen molar-refractivity contribution < 1.29 is 51.2 Å². The number of likely N-dealkylation sites (tertiary alicyclic amines) is 4. The average molecular weight is 1070 g/mol. The van der Waals surface area contributed by atoms with Crippen LogP contribution in [-0.4, -0.2) is 143 Å². The van der Waals surface area contributed by atoms with Gasteiger partial charge in [0.2, 0.25) is 11.8 Å². The fourth-order valence-corrected chi connectivity index (χ4v) is 12.3. The zero-order valence-electron chi connectivity index (χ0n) is 43.7. The van der Waals surface area contributed by atoms with E-state index >= 15 is 0 Å². The van der Waals surface area contributed by atoms with Gasteiger partial charge < -0.3 is 39.5 Å². The molecule has 2 amide bonds. The number of aliphatic hydroxyl groups is 2. The van der Waals surface area contributed by atoms with E-state index in [1.807, 2.05) is 24.3 Å². The standard InChI is InChI=1S/C30H34F3N3O3.C30H35F2N3O3/c1-39-22-3-4-27-23(16-22)24(17-34-27)20-6-10-35(11-7-20)28(18-37)21-8-12-36(13-9-21)29(38)5-2-19-14-25(31)30(33)26(32)15-19;1-38-25-3-4-26-27(18-33-28(26)17-25)21-6-10-34(11-7-21)29(19-36)22-8-12-35(13-9-22)30(37)5-2-20-14-23(31)16-24(32)15-20/h2-5,14-17,20-21,28,34,37H,6-13,18H2,1H3;2-5,14-18,21-22,29,33,36H,6-13,19H2,1H3/b2*5-2+. The molecule has 17 heteroatoms. The lowest BCUT2D eigenvalue weighted by Gasteiger charge is -2.43. The van der Waals surface area contributed by atoms with Crippen LogP contribution in [0.4, 0.5) is 22.0 Å². The number of aliphatic hydroxyl groups excluding tert-OH is 2. The molecule has 0 aliphatic carbocycles. The molecule has 4 aliphatic heterocycles. The van der Waals surface area contributed by atoms with Crippen molar-refractivity contribution in [3.8, 4) is 11.5 Å². The van der Waals surface area contributed by atoms with Crippen molar-refractivity contribution in [3.63, 3.8) is 0 Å². The third-order valence-corrected chi connectivity index (χ3v) is 16.6. The Morgan fingerprint density at radius 1 is 0.558 bits per heavy atom. The van der Waals surface area contributed by atoms with Gasteiger partial charge in [0.15, 0.2) is 17.5 Å². The van der Waals surface area contributed by atoms with Crippen LogP contribution in [0.1, 0.15) is 85.5 Å². The molecule has 4 aromatic carbocycles. The van der Waals surface area contributed by atoms with Crippen LogP contribution in [0.2, 0.25) is 0 Å². The summed E-state index contributed by atoms with van der Waals surface area (Å²) in [5, 5.41) is 23.0. The number of carbonyl (C=O) groups is 2. The molecule has 0 spiro atoms. The van der Waals surface area contributed by atoms with Gasteiger partial charge in [0, 0.05) is 96.7 Å². The molecule has 0 radical (unpaired) electrons. The number of benzene rings is 4. The molecule has 4 fully saturated rings. The van der Waals surface area contributed by atoms with Gasteiger partial charge >= 0.3 is 0 Å². The van der Waals surface area contributed by atoms with E-state index in [-0.39, 0.29) is 48.6 Å².